The summed E-state index contributed by atoms with van der Waals surface area (Å²) in [5.41, 5.74) is -0.757. The van der Waals surface area contributed by atoms with Crippen LogP contribution in [0.1, 0.15) is 81.8 Å². The normalized spacial score (nSPS) is 22.5. The van der Waals surface area contributed by atoms with Crippen molar-refractivity contribution in [2.24, 2.45) is 5.41 Å². The van der Waals surface area contributed by atoms with Crippen LogP contribution in [0.4, 0.5) is 8.78 Å². The van der Waals surface area contributed by atoms with Gasteiger partial charge < -0.3 is 9.63 Å². The van der Waals surface area contributed by atoms with Crippen LogP contribution in [0.2, 0.25) is 5.02 Å². The Morgan fingerprint density at radius 2 is 1.79 bits per heavy atom. The van der Waals surface area contributed by atoms with E-state index in [0.29, 0.717) is 37.0 Å². The highest BCUT2D eigenvalue weighted by atomic mass is 35.5. The maximum Gasteiger partial charge on any atom is 0.185 e. The lowest BCUT2D eigenvalue weighted by Gasteiger charge is -2.55. The standard InChI is InChI=1S/C33H37ClF2N2O4/c1-31(2,25-6-4-5-7-26(25)34)16-23(39)17-33(19-38(20-33)22-10-12-32(3,41)13-11-22)18-29(40)28-15-30(42-37-28)24-9-8-21(35)14-27(24)36/h4-9,14-15,22,41H,10-13,16-20H2,1-3H3. The number of aliphatic hydroxyl groups is 1. The minimum Gasteiger partial charge on any atom is -0.390 e. The molecule has 2 fully saturated rings. The number of carbonyl (C=O) groups excluding carboxylic acids is 2. The average Bonchev–Trinajstić information content (AvgIpc) is 3.37. The summed E-state index contributed by atoms with van der Waals surface area (Å²) >= 11 is 6.45. The molecule has 9 heteroatoms. The summed E-state index contributed by atoms with van der Waals surface area (Å²) in [7, 11) is 0. The zero-order valence-electron chi connectivity index (χ0n) is 24.3. The van der Waals surface area contributed by atoms with Gasteiger partial charge in [-0.15, -0.1) is 0 Å². The molecule has 1 aromatic heterocycles. The van der Waals surface area contributed by atoms with Crippen LogP contribution in [-0.2, 0) is 10.2 Å². The summed E-state index contributed by atoms with van der Waals surface area (Å²) in [5.74, 6) is -1.74. The molecule has 1 saturated heterocycles. The summed E-state index contributed by atoms with van der Waals surface area (Å²) in [6.45, 7) is 7.03. The molecular weight excluding hydrogens is 562 g/mol. The second kappa shape index (κ2) is 11.6. The number of nitrogens with zero attached hydrogens (tertiary/aromatic N) is 2. The molecule has 0 unspecified atom stereocenters. The van der Waals surface area contributed by atoms with E-state index < -0.39 is 28.1 Å². The number of hydrogen-bond acceptors (Lipinski definition) is 6. The van der Waals surface area contributed by atoms with Crippen molar-refractivity contribution in [3.8, 4) is 11.3 Å². The van der Waals surface area contributed by atoms with Crippen LogP contribution in [0.25, 0.3) is 11.3 Å². The van der Waals surface area contributed by atoms with Gasteiger partial charge in [-0.05, 0) is 61.8 Å². The quantitative estimate of drug-likeness (QED) is 0.249. The summed E-state index contributed by atoms with van der Waals surface area (Å²) < 4.78 is 32.9. The van der Waals surface area contributed by atoms with Gasteiger partial charge in [-0.2, -0.15) is 0 Å². The second-order valence-electron chi connectivity index (χ2n) is 13.2. The number of ketones is 2. The SMILES string of the molecule is CC1(O)CCC(N2CC(CC(=O)CC(C)(C)c3ccccc3Cl)(CC(=O)c3cc(-c4ccc(F)cc4F)on3)C2)CC1. The molecule has 1 saturated carbocycles. The minimum atomic E-state index is -0.811. The Bertz CT molecular complexity index is 1470. The van der Waals surface area contributed by atoms with Crippen molar-refractivity contribution in [3.05, 3.63) is 76.4 Å². The first-order chi connectivity index (χ1) is 19.8. The lowest BCUT2D eigenvalue weighted by Crippen LogP contribution is -2.62. The Morgan fingerprint density at radius 3 is 2.45 bits per heavy atom. The molecule has 5 rings (SSSR count). The number of rotatable bonds is 10. The van der Waals surface area contributed by atoms with Gasteiger partial charge >= 0.3 is 0 Å². The Labute approximate surface area is 250 Å². The van der Waals surface area contributed by atoms with Crippen LogP contribution in [0.3, 0.4) is 0 Å². The van der Waals surface area contributed by atoms with E-state index in [0.717, 1.165) is 30.5 Å². The fraction of sp³-hybridized carbons (Fsp3) is 0.485. The highest BCUT2D eigenvalue weighted by molar-refractivity contribution is 6.31. The van der Waals surface area contributed by atoms with E-state index in [9.17, 15) is 23.5 Å². The molecule has 1 aliphatic carbocycles. The molecule has 6 nitrogen and oxygen atoms in total. The van der Waals surface area contributed by atoms with Crippen LogP contribution in [0.5, 0.6) is 0 Å². The summed E-state index contributed by atoms with van der Waals surface area (Å²) in [6.07, 6.45) is 3.74. The fourth-order valence-corrected chi connectivity index (χ4v) is 7.07. The van der Waals surface area contributed by atoms with Crippen molar-refractivity contribution < 1.29 is 28.0 Å². The van der Waals surface area contributed by atoms with Crippen LogP contribution < -0.4 is 0 Å². The third kappa shape index (κ3) is 6.66. The van der Waals surface area contributed by atoms with Crippen molar-refractivity contribution in [2.75, 3.05) is 13.1 Å². The van der Waals surface area contributed by atoms with Crippen LogP contribution in [0.15, 0.2) is 53.1 Å². The number of halogens is 3. The monoisotopic (exact) mass is 598 g/mol. The Kier molecular flexibility index (Phi) is 8.45. The Hall–Kier alpha value is -2.94. The third-order valence-electron chi connectivity index (χ3n) is 8.97. The first-order valence-electron chi connectivity index (χ1n) is 14.4. The lowest BCUT2D eigenvalue weighted by molar-refractivity contribution is -0.128. The largest absolute Gasteiger partial charge is 0.390 e. The van der Waals surface area contributed by atoms with E-state index in [-0.39, 0.29) is 47.8 Å². The molecule has 0 atom stereocenters. The smallest absolute Gasteiger partial charge is 0.185 e. The number of hydrogen-bond donors (Lipinski definition) is 1. The van der Waals surface area contributed by atoms with E-state index in [2.05, 4.69) is 10.1 Å². The number of carbonyl (C=O) groups is 2. The molecule has 2 aliphatic rings. The molecule has 2 aromatic carbocycles. The summed E-state index contributed by atoms with van der Waals surface area (Å²) in [5, 5.41) is 14.9. The summed E-state index contributed by atoms with van der Waals surface area (Å²) in [4.78, 5) is 29.4. The second-order valence-corrected chi connectivity index (χ2v) is 13.6. The maximum atomic E-state index is 14.3. The van der Waals surface area contributed by atoms with Crippen molar-refractivity contribution in [2.45, 2.75) is 82.8 Å². The molecule has 0 amide bonds. The number of aromatic nitrogens is 1. The molecule has 0 spiro atoms. The van der Waals surface area contributed by atoms with Crippen LogP contribution >= 0.6 is 11.6 Å². The maximum absolute atomic E-state index is 14.3. The molecule has 224 valence electrons. The molecule has 0 radical (unpaired) electrons. The average molecular weight is 599 g/mol. The highest BCUT2D eigenvalue weighted by Crippen LogP contribution is 2.44. The number of Topliss-reactive ketones (excluding diaryl/α,β-unsaturated/α-hetero) is 2. The predicted molar refractivity (Wildman–Crippen MR) is 156 cm³/mol. The molecule has 3 aromatic rings. The molecule has 2 heterocycles. The van der Waals surface area contributed by atoms with Gasteiger partial charge in [-0.1, -0.05) is 48.8 Å². The first kappa shape index (κ1) is 30.5. The van der Waals surface area contributed by atoms with Gasteiger partial charge in [0.2, 0.25) is 0 Å². The molecule has 1 aliphatic heterocycles. The van der Waals surface area contributed by atoms with E-state index in [1.54, 1.807) is 0 Å². The van der Waals surface area contributed by atoms with Crippen molar-refractivity contribution in [3.63, 3.8) is 0 Å². The van der Waals surface area contributed by atoms with Gasteiger partial charge in [0, 0.05) is 61.0 Å². The molecule has 1 N–H and O–H groups in total. The van der Waals surface area contributed by atoms with E-state index in [1.165, 1.54) is 12.1 Å². The van der Waals surface area contributed by atoms with E-state index in [1.807, 2.05) is 45.0 Å². The van der Waals surface area contributed by atoms with Crippen LogP contribution in [-0.4, -0.2) is 51.5 Å². The van der Waals surface area contributed by atoms with Crippen molar-refractivity contribution >= 4 is 23.2 Å². The van der Waals surface area contributed by atoms with Crippen molar-refractivity contribution in [1.29, 1.82) is 0 Å². The molecule has 42 heavy (non-hydrogen) atoms. The third-order valence-corrected chi connectivity index (χ3v) is 9.30. The topological polar surface area (TPSA) is 83.6 Å². The van der Waals surface area contributed by atoms with E-state index in [4.69, 9.17) is 16.1 Å². The number of benzene rings is 2. The lowest BCUT2D eigenvalue weighted by atomic mass is 9.68. The van der Waals surface area contributed by atoms with Crippen molar-refractivity contribution in [1.82, 2.24) is 10.1 Å². The fourth-order valence-electron chi connectivity index (χ4n) is 6.68. The van der Waals surface area contributed by atoms with Gasteiger partial charge in [-0.25, -0.2) is 8.78 Å². The van der Waals surface area contributed by atoms with Gasteiger partial charge in [0.15, 0.2) is 11.5 Å². The van der Waals surface area contributed by atoms with Crippen LogP contribution in [0, 0.1) is 17.0 Å². The number of likely N-dealkylation sites (tertiary alicyclic amines) is 1. The van der Waals surface area contributed by atoms with Gasteiger partial charge in [0.05, 0.1) is 11.2 Å². The minimum absolute atomic E-state index is 0.0117. The molecular formula is C33H37ClF2N2O4. The Morgan fingerprint density at radius 1 is 1.10 bits per heavy atom. The zero-order valence-corrected chi connectivity index (χ0v) is 25.0. The van der Waals surface area contributed by atoms with E-state index >= 15 is 0 Å². The molecule has 0 bridgehead atoms. The Balaban J connectivity index is 1.32. The highest BCUT2D eigenvalue weighted by Gasteiger charge is 2.49. The predicted octanol–water partition coefficient (Wildman–Crippen LogP) is 7.17. The zero-order chi connectivity index (χ0) is 30.3. The summed E-state index contributed by atoms with van der Waals surface area (Å²) in [6, 6.07) is 12.3. The van der Waals surface area contributed by atoms with Gasteiger partial charge in [0.1, 0.15) is 23.1 Å². The van der Waals surface area contributed by atoms with Gasteiger partial charge in [0.25, 0.3) is 0 Å². The van der Waals surface area contributed by atoms with Gasteiger partial charge in [-0.3, -0.25) is 14.5 Å². The first-order valence-corrected chi connectivity index (χ1v) is 14.8.